The van der Waals surface area contributed by atoms with Gasteiger partial charge in [-0.1, -0.05) is 0 Å². The minimum atomic E-state index is -0.444. The van der Waals surface area contributed by atoms with Gasteiger partial charge in [0.1, 0.15) is 6.10 Å². The third-order valence-electron chi connectivity index (χ3n) is 4.32. The molecule has 2 saturated heterocycles. The van der Waals surface area contributed by atoms with Gasteiger partial charge in [0.25, 0.3) is 5.91 Å². The van der Waals surface area contributed by atoms with Gasteiger partial charge in [-0.25, -0.2) is 0 Å². The lowest BCUT2D eigenvalue weighted by Crippen LogP contribution is -2.52. The van der Waals surface area contributed by atoms with Crippen LogP contribution in [0.3, 0.4) is 0 Å². The maximum Gasteiger partial charge on any atom is 0.251 e. The summed E-state index contributed by atoms with van der Waals surface area (Å²) in [6, 6.07) is 1.85. The average molecular weight is 308 g/mol. The van der Waals surface area contributed by atoms with Crippen LogP contribution in [0, 0.1) is 0 Å². The molecule has 1 amide bonds. The summed E-state index contributed by atoms with van der Waals surface area (Å²) in [4.78, 5) is 16.4. The maximum absolute atomic E-state index is 12.3. The zero-order valence-corrected chi connectivity index (χ0v) is 12.8. The summed E-state index contributed by atoms with van der Waals surface area (Å²) in [6.07, 6.45) is 4.72. The van der Waals surface area contributed by atoms with E-state index >= 15 is 0 Å². The molecular weight excluding hydrogens is 284 g/mol. The van der Waals surface area contributed by atoms with Crippen LogP contribution in [0.2, 0.25) is 0 Å². The number of aromatic nitrogens is 2. The Morgan fingerprint density at radius 2 is 2.14 bits per heavy atom. The standard InChI is InChI=1S/C15H24N4O3/c20-13(12-19-5-2-4-16-19)11-17-6-8-18(9-7-17)15(21)14-3-1-10-22-14/h2,4-5,13-14,20H,1,3,6-12H2/t13-,14+/m1/s1. The number of carbonyl (C=O) groups is 1. The fourth-order valence-electron chi connectivity index (χ4n) is 3.11. The normalized spacial score (nSPS) is 24.6. The van der Waals surface area contributed by atoms with Crippen molar-refractivity contribution in [3.05, 3.63) is 18.5 Å². The number of nitrogens with zero attached hydrogens (tertiary/aromatic N) is 4. The predicted octanol–water partition coefficient (Wildman–Crippen LogP) is -0.433. The van der Waals surface area contributed by atoms with Crippen molar-refractivity contribution in [1.82, 2.24) is 19.6 Å². The molecule has 22 heavy (non-hydrogen) atoms. The Morgan fingerprint density at radius 3 is 2.77 bits per heavy atom. The number of aliphatic hydroxyl groups excluding tert-OH is 1. The molecule has 7 nitrogen and oxygen atoms in total. The van der Waals surface area contributed by atoms with E-state index in [1.807, 2.05) is 17.2 Å². The van der Waals surface area contributed by atoms with Crippen molar-refractivity contribution in [2.75, 3.05) is 39.3 Å². The van der Waals surface area contributed by atoms with Gasteiger partial charge in [0.05, 0.1) is 12.6 Å². The predicted molar refractivity (Wildman–Crippen MR) is 80.2 cm³/mol. The molecule has 122 valence electrons. The molecule has 0 saturated carbocycles. The molecule has 0 radical (unpaired) electrons. The van der Waals surface area contributed by atoms with Crippen molar-refractivity contribution < 1.29 is 14.6 Å². The highest BCUT2D eigenvalue weighted by Gasteiger charge is 2.30. The average Bonchev–Trinajstić information content (AvgIpc) is 3.20. The molecule has 3 rings (SSSR count). The van der Waals surface area contributed by atoms with Crippen LogP contribution < -0.4 is 0 Å². The van der Waals surface area contributed by atoms with E-state index in [0.29, 0.717) is 32.8 Å². The molecule has 1 aromatic heterocycles. The monoisotopic (exact) mass is 308 g/mol. The molecule has 2 aliphatic heterocycles. The summed E-state index contributed by atoms with van der Waals surface area (Å²) >= 11 is 0. The zero-order chi connectivity index (χ0) is 15.4. The van der Waals surface area contributed by atoms with Crippen LogP contribution in [0.25, 0.3) is 0 Å². The smallest absolute Gasteiger partial charge is 0.251 e. The van der Waals surface area contributed by atoms with Gasteiger partial charge in [-0.2, -0.15) is 5.10 Å². The third kappa shape index (κ3) is 3.85. The minimum absolute atomic E-state index is 0.134. The van der Waals surface area contributed by atoms with E-state index in [0.717, 1.165) is 25.9 Å². The van der Waals surface area contributed by atoms with Crippen LogP contribution >= 0.6 is 0 Å². The first kappa shape index (κ1) is 15.5. The van der Waals surface area contributed by atoms with Crippen molar-refractivity contribution in [3.8, 4) is 0 Å². The topological polar surface area (TPSA) is 70.8 Å². The van der Waals surface area contributed by atoms with Crippen molar-refractivity contribution in [3.63, 3.8) is 0 Å². The van der Waals surface area contributed by atoms with Crippen LogP contribution in [0.5, 0.6) is 0 Å². The number of hydrogen-bond acceptors (Lipinski definition) is 5. The number of carbonyl (C=O) groups excluding carboxylic acids is 1. The first-order valence-electron chi connectivity index (χ1n) is 8.00. The SMILES string of the molecule is O=C([C@@H]1CCCO1)N1CCN(C[C@@H](O)Cn2cccn2)CC1. The Morgan fingerprint density at radius 1 is 1.32 bits per heavy atom. The van der Waals surface area contributed by atoms with Crippen LogP contribution in [0.1, 0.15) is 12.8 Å². The Hall–Kier alpha value is -1.44. The molecule has 0 aliphatic carbocycles. The van der Waals surface area contributed by atoms with Gasteiger partial charge in [-0.3, -0.25) is 14.4 Å². The first-order chi connectivity index (χ1) is 10.7. The Kier molecular flexibility index (Phi) is 5.07. The summed E-state index contributed by atoms with van der Waals surface area (Å²) in [5, 5.41) is 14.2. The lowest BCUT2D eigenvalue weighted by Gasteiger charge is -2.36. The summed E-state index contributed by atoms with van der Waals surface area (Å²) in [5.74, 6) is 0.134. The third-order valence-corrected chi connectivity index (χ3v) is 4.32. The van der Waals surface area contributed by atoms with Crippen molar-refractivity contribution >= 4 is 5.91 Å². The Labute approximate surface area is 130 Å². The van der Waals surface area contributed by atoms with Gasteiger partial charge in [0.15, 0.2) is 0 Å². The number of piperazine rings is 1. The lowest BCUT2D eigenvalue weighted by atomic mass is 10.2. The van der Waals surface area contributed by atoms with E-state index in [-0.39, 0.29) is 12.0 Å². The number of amides is 1. The van der Waals surface area contributed by atoms with E-state index in [9.17, 15) is 9.90 Å². The summed E-state index contributed by atoms with van der Waals surface area (Å²) in [7, 11) is 0. The summed E-state index contributed by atoms with van der Waals surface area (Å²) in [6.45, 7) is 4.85. The van der Waals surface area contributed by atoms with Crippen LogP contribution in [0.4, 0.5) is 0 Å². The van der Waals surface area contributed by atoms with Crippen molar-refractivity contribution in [2.24, 2.45) is 0 Å². The molecule has 2 aliphatic rings. The van der Waals surface area contributed by atoms with Gasteiger partial charge in [-0.15, -0.1) is 0 Å². The van der Waals surface area contributed by atoms with Gasteiger partial charge in [-0.05, 0) is 18.9 Å². The second kappa shape index (κ2) is 7.21. The molecule has 0 unspecified atom stereocenters. The molecular formula is C15H24N4O3. The second-order valence-electron chi connectivity index (χ2n) is 6.01. The van der Waals surface area contributed by atoms with Crippen molar-refractivity contribution in [1.29, 1.82) is 0 Å². The molecule has 0 aromatic carbocycles. The highest BCUT2D eigenvalue weighted by molar-refractivity contribution is 5.81. The number of hydrogen-bond donors (Lipinski definition) is 1. The summed E-state index contributed by atoms with van der Waals surface area (Å²) in [5.41, 5.74) is 0. The fraction of sp³-hybridized carbons (Fsp3) is 0.733. The molecule has 7 heteroatoms. The molecule has 2 fully saturated rings. The van der Waals surface area contributed by atoms with E-state index in [1.165, 1.54) is 0 Å². The van der Waals surface area contributed by atoms with Gasteiger partial charge >= 0.3 is 0 Å². The minimum Gasteiger partial charge on any atom is -0.390 e. The number of rotatable bonds is 5. The number of β-amino-alcohol motifs (C(OH)–C–C–N with tert-alkyl or cyclic N) is 1. The fourth-order valence-corrected chi connectivity index (χ4v) is 3.11. The highest BCUT2D eigenvalue weighted by Crippen LogP contribution is 2.16. The molecule has 1 aromatic rings. The Bertz CT molecular complexity index is 465. The molecule has 0 bridgehead atoms. The van der Waals surface area contributed by atoms with Crippen molar-refractivity contribution in [2.45, 2.75) is 31.6 Å². The number of aliphatic hydroxyl groups is 1. The van der Waals surface area contributed by atoms with E-state index < -0.39 is 6.10 Å². The first-order valence-corrected chi connectivity index (χ1v) is 8.00. The second-order valence-corrected chi connectivity index (χ2v) is 6.01. The van der Waals surface area contributed by atoms with Gasteiger partial charge in [0, 0.05) is 51.7 Å². The maximum atomic E-state index is 12.3. The van der Waals surface area contributed by atoms with E-state index in [4.69, 9.17) is 4.74 Å². The molecule has 0 spiro atoms. The van der Waals surface area contributed by atoms with Crippen LogP contribution in [0.15, 0.2) is 18.5 Å². The zero-order valence-electron chi connectivity index (χ0n) is 12.8. The summed E-state index contributed by atoms with van der Waals surface area (Å²) < 4.78 is 7.20. The van der Waals surface area contributed by atoms with Gasteiger partial charge < -0.3 is 14.7 Å². The molecule has 3 heterocycles. The molecule has 2 atom stereocenters. The molecule has 1 N–H and O–H groups in total. The van der Waals surface area contributed by atoms with Gasteiger partial charge in [0.2, 0.25) is 0 Å². The number of ether oxygens (including phenoxy) is 1. The van der Waals surface area contributed by atoms with E-state index in [1.54, 1.807) is 10.9 Å². The lowest BCUT2D eigenvalue weighted by molar-refractivity contribution is -0.142. The van der Waals surface area contributed by atoms with Crippen LogP contribution in [-0.4, -0.2) is 82.1 Å². The largest absolute Gasteiger partial charge is 0.390 e. The van der Waals surface area contributed by atoms with Crippen LogP contribution in [-0.2, 0) is 16.1 Å². The highest BCUT2D eigenvalue weighted by atomic mass is 16.5. The Balaban J connectivity index is 1.40. The van der Waals surface area contributed by atoms with E-state index in [2.05, 4.69) is 10.00 Å². The quantitative estimate of drug-likeness (QED) is 0.799.